The molecule has 1 aliphatic carbocycles. The Morgan fingerprint density at radius 2 is 1.38 bits per heavy atom. The summed E-state index contributed by atoms with van der Waals surface area (Å²) < 4.78 is -1.26. The van der Waals surface area contributed by atoms with Crippen LogP contribution in [0.1, 0.15) is 19.3 Å². The summed E-state index contributed by atoms with van der Waals surface area (Å²) in [5.74, 6) is 0. The van der Waals surface area contributed by atoms with Crippen molar-refractivity contribution in [2.75, 3.05) is 0 Å². The number of rotatable bonds is 0. The fourth-order valence-electron chi connectivity index (χ4n) is 1.24. The molecule has 7 heteroatoms. The molecular weight excluding hydrogens is 437 g/mol. The monoisotopic (exact) mass is 445 g/mol. The number of alkyl halides is 4. The van der Waals surface area contributed by atoms with Gasteiger partial charge in [-0.1, -0.05) is 46.4 Å². The standard InChI is InChI=1S/C6H10Cl4N2.Pt/c7-4(8)2-1-3-5(9,11)6(4,10)12;/h1-3,11-12H2;/q;+4. The van der Waals surface area contributed by atoms with E-state index in [9.17, 15) is 0 Å². The summed E-state index contributed by atoms with van der Waals surface area (Å²) in [4.78, 5) is -2.72. The molecule has 0 aromatic carbocycles. The molecule has 0 aliphatic heterocycles. The van der Waals surface area contributed by atoms with Crippen LogP contribution in [0.15, 0.2) is 0 Å². The minimum atomic E-state index is -1.48. The van der Waals surface area contributed by atoms with Gasteiger partial charge in [0.1, 0.15) is 5.00 Å². The van der Waals surface area contributed by atoms with Crippen molar-refractivity contribution in [3.8, 4) is 0 Å². The van der Waals surface area contributed by atoms with E-state index >= 15 is 0 Å². The zero-order valence-electron chi connectivity index (χ0n) is 6.60. The van der Waals surface area contributed by atoms with Gasteiger partial charge in [0.2, 0.25) is 0 Å². The summed E-state index contributed by atoms with van der Waals surface area (Å²) >= 11 is 23.6. The van der Waals surface area contributed by atoms with E-state index in [1.54, 1.807) is 0 Å². The average molecular weight is 447 g/mol. The van der Waals surface area contributed by atoms with E-state index in [0.717, 1.165) is 6.42 Å². The summed E-state index contributed by atoms with van der Waals surface area (Å²) in [5.41, 5.74) is 11.3. The molecule has 1 rings (SSSR count). The third-order valence-electron chi connectivity index (χ3n) is 2.17. The van der Waals surface area contributed by atoms with Gasteiger partial charge in [0.05, 0.1) is 0 Å². The molecule has 13 heavy (non-hydrogen) atoms. The van der Waals surface area contributed by atoms with Gasteiger partial charge in [-0.15, -0.1) is 0 Å². The second kappa shape index (κ2) is 4.33. The molecule has 0 radical (unpaired) electrons. The van der Waals surface area contributed by atoms with Crippen molar-refractivity contribution in [1.29, 1.82) is 0 Å². The first-order valence-corrected chi connectivity index (χ1v) is 5.05. The molecule has 78 valence electrons. The summed E-state index contributed by atoms with van der Waals surface area (Å²) in [7, 11) is 0. The van der Waals surface area contributed by atoms with Crippen molar-refractivity contribution >= 4 is 46.4 Å². The Balaban J connectivity index is 0.00000144. The Kier molecular flexibility index (Phi) is 4.92. The maximum Gasteiger partial charge on any atom is 4.00 e. The van der Waals surface area contributed by atoms with Gasteiger partial charge in [-0.3, -0.25) is 0 Å². The molecule has 1 fully saturated rings. The van der Waals surface area contributed by atoms with E-state index in [0.29, 0.717) is 12.8 Å². The molecule has 0 aromatic rings. The summed E-state index contributed by atoms with van der Waals surface area (Å²) in [6.45, 7) is 0. The molecule has 0 aromatic heterocycles. The number of hydrogen-bond acceptors (Lipinski definition) is 2. The summed E-state index contributed by atoms with van der Waals surface area (Å²) in [6.07, 6.45) is 1.73. The summed E-state index contributed by atoms with van der Waals surface area (Å²) in [5, 5.41) is 0. The van der Waals surface area contributed by atoms with Crippen LogP contribution >= 0.6 is 46.4 Å². The normalized spacial score (nSPS) is 43.8. The van der Waals surface area contributed by atoms with E-state index in [4.69, 9.17) is 57.9 Å². The van der Waals surface area contributed by atoms with E-state index in [2.05, 4.69) is 0 Å². The first kappa shape index (κ1) is 14.8. The molecule has 1 saturated carbocycles. The first-order chi connectivity index (χ1) is 5.21. The number of halogens is 4. The predicted molar refractivity (Wildman–Crippen MR) is 53.8 cm³/mol. The molecule has 0 spiro atoms. The van der Waals surface area contributed by atoms with Crippen molar-refractivity contribution < 1.29 is 21.1 Å². The second-order valence-corrected chi connectivity index (χ2v) is 5.89. The SMILES string of the molecule is NC1(Cl)CCCC(Cl)(Cl)C1(N)Cl.[Pt+4]. The molecule has 0 saturated heterocycles. The largest absolute Gasteiger partial charge is 4.00 e. The van der Waals surface area contributed by atoms with Gasteiger partial charge < -0.3 is 11.5 Å². The molecule has 0 bridgehead atoms. The van der Waals surface area contributed by atoms with Crippen LogP contribution in [0.5, 0.6) is 0 Å². The molecule has 0 amide bonds. The van der Waals surface area contributed by atoms with Crippen molar-refractivity contribution in [2.24, 2.45) is 11.5 Å². The molecule has 0 heterocycles. The van der Waals surface area contributed by atoms with Crippen LogP contribution < -0.4 is 11.5 Å². The Labute approximate surface area is 112 Å². The van der Waals surface area contributed by atoms with Crippen LogP contribution in [0.3, 0.4) is 0 Å². The Morgan fingerprint density at radius 1 is 0.923 bits per heavy atom. The molecular formula is C6H10Cl4N2Pt+4. The van der Waals surface area contributed by atoms with Crippen LogP contribution in [0.2, 0.25) is 0 Å². The van der Waals surface area contributed by atoms with Gasteiger partial charge in [-0.2, -0.15) is 0 Å². The zero-order chi connectivity index (χ0) is 9.62. The van der Waals surface area contributed by atoms with Crippen molar-refractivity contribution in [3.63, 3.8) is 0 Å². The van der Waals surface area contributed by atoms with E-state index in [1.807, 2.05) is 0 Å². The Morgan fingerprint density at radius 3 is 1.69 bits per heavy atom. The smallest absolute Gasteiger partial charge is 0.310 e. The minimum Gasteiger partial charge on any atom is -0.310 e. The van der Waals surface area contributed by atoms with Crippen LogP contribution in [-0.4, -0.2) is 14.3 Å². The number of hydrogen-bond donors (Lipinski definition) is 2. The minimum absolute atomic E-state index is 0. The second-order valence-electron chi connectivity index (χ2n) is 3.13. The molecule has 4 N–H and O–H groups in total. The fraction of sp³-hybridized carbons (Fsp3) is 1.00. The maximum absolute atomic E-state index is 5.91. The molecule has 2 nitrogen and oxygen atoms in total. The van der Waals surface area contributed by atoms with Gasteiger partial charge >= 0.3 is 21.1 Å². The van der Waals surface area contributed by atoms with Gasteiger partial charge in [-0.25, -0.2) is 0 Å². The zero-order valence-corrected chi connectivity index (χ0v) is 11.9. The average Bonchev–Trinajstić information content (AvgIpc) is 1.83. The Hall–Kier alpha value is 1.77. The van der Waals surface area contributed by atoms with Gasteiger partial charge in [0.15, 0.2) is 9.33 Å². The van der Waals surface area contributed by atoms with Crippen LogP contribution in [0, 0.1) is 0 Å². The molecule has 2 unspecified atom stereocenters. The van der Waals surface area contributed by atoms with Gasteiger partial charge in [0.25, 0.3) is 0 Å². The van der Waals surface area contributed by atoms with Crippen molar-refractivity contribution in [1.82, 2.24) is 0 Å². The number of nitrogens with two attached hydrogens (primary N) is 2. The quantitative estimate of drug-likeness (QED) is 0.442. The van der Waals surface area contributed by atoms with Gasteiger partial charge in [-0.05, 0) is 19.3 Å². The van der Waals surface area contributed by atoms with Crippen molar-refractivity contribution in [3.05, 3.63) is 0 Å². The molecule has 1 aliphatic rings. The van der Waals surface area contributed by atoms with Crippen LogP contribution in [0.25, 0.3) is 0 Å². The summed E-state index contributed by atoms with van der Waals surface area (Å²) in [6, 6.07) is 0. The third-order valence-corrected chi connectivity index (χ3v) is 4.58. The van der Waals surface area contributed by atoms with Gasteiger partial charge in [0, 0.05) is 0 Å². The van der Waals surface area contributed by atoms with Crippen LogP contribution in [0.4, 0.5) is 0 Å². The van der Waals surface area contributed by atoms with Crippen LogP contribution in [-0.2, 0) is 21.1 Å². The van der Waals surface area contributed by atoms with E-state index < -0.39 is 14.3 Å². The fourth-order valence-corrected chi connectivity index (χ4v) is 2.42. The van der Waals surface area contributed by atoms with E-state index in [-0.39, 0.29) is 21.1 Å². The van der Waals surface area contributed by atoms with E-state index in [1.165, 1.54) is 0 Å². The maximum atomic E-state index is 5.91. The van der Waals surface area contributed by atoms with Crippen molar-refractivity contribution in [2.45, 2.75) is 33.6 Å². The Bertz CT molecular complexity index is 177. The molecule has 2 atom stereocenters. The first-order valence-electron chi connectivity index (χ1n) is 3.54. The third kappa shape index (κ3) is 2.47. The topological polar surface area (TPSA) is 52.0 Å². The predicted octanol–water partition coefficient (Wildman–Crippen LogP) is 2.13.